The maximum Gasteiger partial charge on any atom is 0.416 e. The Labute approximate surface area is 126 Å². The summed E-state index contributed by atoms with van der Waals surface area (Å²) in [6.45, 7) is 1.17. The van der Waals surface area contributed by atoms with Crippen LogP contribution in [-0.2, 0) is 21.9 Å². The third kappa shape index (κ3) is 4.86. The molecule has 0 spiro atoms. The van der Waals surface area contributed by atoms with Gasteiger partial charge in [0, 0.05) is 5.56 Å². The summed E-state index contributed by atoms with van der Waals surface area (Å²) in [6.07, 6.45) is -10.1. The van der Waals surface area contributed by atoms with Crippen LogP contribution in [0, 0.1) is 0 Å². The number of benzene rings is 1. The quantitative estimate of drug-likeness (QED) is 0.678. The second-order valence-electron chi connectivity index (χ2n) is 4.51. The molecule has 1 aromatic carbocycles. The van der Waals surface area contributed by atoms with Crippen LogP contribution >= 0.6 is 0 Å². The SMILES string of the molecule is COC(=O)[C@@H](C)NC(=O)c1cc(C(F)(F)F)cc(C(F)(F)F)c1. The van der Waals surface area contributed by atoms with Crippen LogP contribution in [0.15, 0.2) is 18.2 Å². The topological polar surface area (TPSA) is 55.4 Å². The molecule has 10 heteroatoms. The number of alkyl halides is 6. The molecule has 1 rings (SSSR count). The highest BCUT2D eigenvalue weighted by Crippen LogP contribution is 2.36. The first-order chi connectivity index (χ1) is 10.4. The van der Waals surface area contributed by atoms with Gasteiger partial charge in [0.05, 0.1) is 18.2 Å². The van der Waals surface area contributed by atoms with Crippen LogP contribution in [0.2, 0.25) is 0 Å². The average Bonchev–Trinajstić information content (AvgIpc) is 2.43. The van der Waals surface area contributed by atoms with Crippen molar-refractivity contribution < 1.29 is 40.7 Å². The molecule has 1 aromatic rings. The highest BCUT2D eigenvalue weighted by molar-refractivity contribution is 5.97. The molecule has 0 aliphatic carbocycles. The van der Waals surface area contributed by atoms with Gasteiger partial charge in [0.15, 0.2) is 0 Å². The molecule has 0 radical (unpaired) electrons. The van der Waals surface area contributed by atoms with E-state index in [1.165, 1.54) is 6.92 Å². The van der Waals surface area contributed by atoms with Gasteiger partial charge in [-0.05, 0) is 25.1 Å². The van der Waals surface area contributed by atoms with Gasteiger partial charge in [-0.15, -0.1) is 0 Å². The van der Waals surface area contributed by atoms with Crippen molar-refractivity contribution in [2.24, 2.45) is 0 Å². The van der Waals surface area contributed by atoms with Gasteiger partial charge in [0.2, 0.25) is 0 Å². The second-order valence-corrected chi connectivity index (χ2v) is 4.51. The number of ether oxygens (including phenoxy) is 1. The molecule has 1 amide bonds. The molecule has 23 heavy (non-hydrogen) atoms. The number of carbonyl (C=O) groups is 2. The number of rotatable bonds is 3. The van der Waals surface area contributed by atoms with Crippen LogP contribution in [0.1, 0.15) is 28.4 Å². The Morgan fingerprint density at radius 1 is 1.00 bits per heavy atom. The van der Waals surface area contributed by atoms with Crippen molar-refractivity contribution in [1.82, 2.24) is 5.32 Å². The molecule has 0 heterocycles. The van der Waals surface area contributed by atoms with Crippen molar-refractivity contribution in [3.05, 3.63) is 34.9 Å². The van der Waals surface area contributed by atoms with E-state index >= 15 is 0 Å². The van der Waals surface area contributed by atoms with E-state index in [-0.39, 0.29) is 18.2 Å². The van der Waals surface area contributed by atoms with Crippen LogP contribution in [0.4, 0.5) is 26.3 Å². The summed E-state index contributed by atoms with van der Waals surface area (Å²) >= 11 is 0. The lowest BCUT2D eigenvalue weighted by Gasteiger charge is -2.15. The molecule has 0 aromatic heterocycles. The van der Waals surface area contributed by atoms with Crippen LogP contribution in [0.25, 0.3) is 0 Å². The highest BCUT2D eigenvalue weighted by atomic mass is 19.4. The average molecular weight is 343 g/mol. The maximum atomic E-state index is 12.7. The molecule has 1 N–H and O–H groups in total. The van der Waals surface area contributed by atoms with Crippen molar-refractivity contribution in [3.63, 3.8) is 0 Å². The molecule has 0 fully saturated rings. The molecular weight excluding hydrogens is 332 g/mol. The number of esters is 1. The minimum absolute atomic E-state index is 0.0967. The molecule has 0 saturated heterocycles. The molecule has 0 aliphatic heterocycles. The lowest BCUT2D eigenvalue weighted by Crippen LogP contribution is -2.39. The molecule has 0 bridgehead atoms. The molecule has 0 aliphatic rings. The van der Waals surface area contributed by atoms with Gasteiger partial charge >= 0.3 is 18.3 Å². The lowest BCUT2D eigenvalue weighted by atomic mass is 10.0. The zero-order valence-corrected chi connectivity index (χ0v) is 11.8. The van der Waals surface area contributed by atoms with Gasteiger partial charge in [0.1, 0.15) is 6.04 Å². The fraction of sp³-hybridized carbons (Fsp3) is 0.385. The first kappa shape index (κ1) is 18.8. The third-order valence-corrected chi connectivity index (χ3v) is 2.75. The summed E-state index contributed by atoms with van der Waals surface area (Å²) in [6, 6.07) is -0.791. The number of amides is 1. The van der Waals surface area contributed by atoms with E-state index in [9.17, 15) is 35.9 Å². The first-order valence-corrected chi connectivity index (χ1v) is 6.04. The molecule has 0 saturated carbocycles. The first-order valence-electron chi connectivity index (χ1n) is 6.04. The number of hydrogen-bond donors (Lipinski definition) is 1. The van der Waals surface area contributed by atoms with Crippen LogP contribution in [0.5, 0.6) is 0 Å². The number of nitrogens with one attached hydrogen (secondary N) is 1. The lowest BCUT2D eigenvalue weighted by molar-refractivity contribution is -0.144. The normalized spacial score (nSPS) is 13.4. The predicted octanol–water partition coefficient (Wildman–Crippen LogP) is 3.02. The van der Waals surface area contributed by atoms with E-state index in [0.717, 1.165) is 7.11 Å². The largest absolute Gasteiger partial charge is 0.467 e. The standard InChI is InChI=1S/C13H11F6NO3/c1-6(11(22)23-2)20-10(21)7-3-8(12(14,15)16)5-9(4-7)13(17,18)19/h3-6H,1-2H3,(H,20,21)/t6-/m1/s1. The Kier molecular flexibility index (Phi) is 5.28. The minimum atomic E-state index is -5.07. The highest BCUT2D eigenvalue weighted by Gasteiger charge is 2.37. The summed E-state index contributed by atoms with van der Waals surface area (Å²) in [5.74, 6) is -2.17. The maximum absolute atomic E-state index is 12.7. The molecule has 128 valence electrons. The number of methoxy groups -OCH3 is 1. The zero-order valence-electron chi connectivity index (χ0n) is 11.8. The predicted molar refractivity (Wildman–Crippen MR) is 65.4 cm³/mol. The number of carbonyl (C=O) groups excluding carboxylic acids is 2. The van der Waals surface area contributed by atoms with Crippen molar-refractivity contribution in [3.8, 4) is 0 Å². The van der Waals surface area contributed by atoms with Gasteiger partial charge < -0.3 is 10.1 Å². The van der Waals surface area contributed by atoms with Crippen molar-refractivity contribution >= 4 is 11.9 Å². The molecular formula is C13H11F6NO3. The fourth-order valence-electron chi connectivity index (χ4n) is 1.60. The monoisotopic (exact) mass is 343 g/mol. The van der Waals surface area contributed by atoms with Crippen LogP contribution < -0.4 is 5.32 Å². The van der Waals surface area contributed by atoms with Gasteiger partial charge in [-0.25, -0.2) is 4.79 Å². The van der Waals surface area contributed by atoms with E-state index in [1.54, 1.807) is 0 Å². The number of halogens is 6. The smallest absolute Gasteiger partial charge is 0.416 e. The van der Waals surface area contributed by atoms with Crippen molar-refractivity contribution in [1.29, 1.82) is 0 Å². The van der Waals surface area contributed by atoms with E-state index in [1.807, 2.05) is 5.32 Å². The van der Waals surface area contributed by atoms with Crippen molar-refractivity contribution in [2.45, 2.75) is 25.3 Å². The Bertz CT molecular complexity index is 576. The Hall–Kier alpha value is -2.26. The van der Waals surface area contributed by atoms with Gasteiger partial charge in [-0.1, -0.05) is 0 Å². The second kappa shape index (κ2) is 6.47. The summed E-state index contributed by atoms with van der Waals surface area (Å²) in [5.41, 5.74) is -4.12. The molecule has 0 unspecified atom stereocenters. The van der Waals surface area contributed by atoms with Crippen molar-refractivity contribution in [2.75, 3.05) is 7.11 Å². The summed E-state index contributed by atoms with van der Waals surface area (Å²) in [4.78, 5) is 22.9. The van der Waals surface area contributed by atoms with Gasteiger partial charge in [-0.2, -0.15) is 26.3 Å². The van der Waals surface area contributed by atoms with E-state index < -0.39 is 47.0 Å². The van der Waals surface area contributed by atoms with Gasteiger partial charge in [0.25, 0.3) is 5.91 Å². The third-order valence-electron chi connectivity index (χ3n) is 2.75. The van der Waals surface area contributed by atoms with E-state index in [0.29, 0.717) is 0 Å². The van der Waals surface area contributed by atoms with Crippen LogP contribution in [0.3, 0.4) is 0 Å². The Morgan fingerprint density at radius 3 is 1.78 bits per heavy atom. The molecule has 1 atom stereocenters. The zero-order chi connectivity index (χ0) is 18.0. The Morgan fingerprint density at radius 2 is 1.43 bits per heavy atom. The molecule has 4 nitrogen and oxygen atoms in total. The summed E-state index contributed by atoms with van der Waals surface area (Å²) in [7, 11) is 1.01. The fourth-order valence-corrected chi connectivity index (χ4v) is 1.60. The minimum Gasteiger partial charge on any atom is -0.467 e. The summed E-state index contributed by atoms with van der Waals surface area (Å²) < 4.78 is 80.3. The summed E-state index contributed by atoms with van der Waals surface area (Å²) in [5, 5.41) is 1.96. The van der Waals surface area contributed by atoms with Gasteiger partial charge in [-0.3, -0.25) is 4.79 Å². The van der Waals surface area contributed by atoms with E-state index in [2.05, 4.69) is 4.74 Å². The van der Waals surface area contributed by atoms with Crippen LogP contribution in [-0.4, -0.2) is 25.0 Å². The number of hydrogen-bond acceptors (Lipinski definition) is 3. The van der Waals surface area contributed by atoms with E-state index in [4.69, 9.17) is 0 Å². The Balaban J connectivity index is 3.25.